The van der Waals surface area contributed by atoms with Crippen LogP contribution in [0, 0.1) is 0 Å². The Balaban J connectivity index is 1.03. The van der Waals surface area contributed by atoms with E-state index in [4.69, 9.17) is 0 Å². The molecule has 158 valence electrons. The van der Waals surface area contributed by atoms with Gasteiger partial charge in [0.15, 0.2) is 0 Å². The van der Waals surface area contributed by atoms with E-state index in [0.29, 0.717) is 0 Å². The van der Waals surface area contributed by atoms with Crippen LogP contribution in [0.3, 0.4) is 0 Å². The number of rotatable bonds is 7. The van der Waals surface area contributed by atoms with Crippen molar-refractivity contribution in [2.24, 2.45) is 0 Å². The van der Waals surface area contributed by atoms with Gasteiger partial charge >= 0.3 is 0 Å². The Kier molecular flexibility index (Phi) is 5.15. The van der Waals surface area contributed by atoms with Crippen LogP contribution in [0.5, 0.6) is 0 Å². The molecule has 0 spiro atoms. The zero-order chi connectivity index (χ0) is 21.3. The molecule has 2 aliphatic carbocycles. The van der Waals surface area contributed by atoms with Crippen LogP contribution < -0.4 is 0 Å². The largest absolute Gasteiger partial charge is 0.0619 e. The van der Waals surface area contributed by atoms with Gasteiger partial charge in [0.05, 0.1) is 0 Å². The lowest BCUT2D eigenvalue weighted by atomic mass is 9.95. The predicted octanol–water partition coefficient (Wildman–Crippen LogP) is 8.17. The summed E-state index contributed by atoms with van der Waals surface area (Å²) in [5, 5.41) is 0. The molecule has 0 amide bonds. The second-order valence-electron chi connectivity index (χ2n) is 9.47. The summed E-state index contributed by atoms with van der Waals surface area (Å²) in [5.74, 6) is 0. The molecule has 0 fully saturated rings. The number of benzene rings is 4. The highest BCUT2D eigenvalue weighted by molar-refractivity contribution is 5.78. The molecular formula is C32H30. The first-order valence-corrected chi connectivity index (χ1v) is 12.3. The Morgan fingerprint density at radius 1 is 0.406 bits per heavy atom. The third-order valence-corrected chi connectivity index (χ3v) is 7.54. The molecule has 0 heteroatoms. The van der Waals surface area contributed by atoms with Gasteiger partial charge in [0.2, 0.25) is 0 Å². The van der Waals surface area contributed by atoms with Crippen LogP contribution in [0.2, 0.25) is 0 Å². The second-order valence-corrected chi connectivity index (χ2v) is 9.47. The smallest absolute Gasteiger partial charge is 0.00107 e. The monoisotopic (exact) mass is 414 g/mol. The van der Waals surface area contributed by atoms with Crippen LogP contribution in [0.4, 0.5) is 0 Å². The van der Waals surface area contributed by atoms with Crippen LogP contribution in [-0.2, 0) is 25.7 Å². The molecule has 32 heavy (non-hydrogen) atoms. The van der Waals surface area contributed by atoms with Crippen molar-refractivity contribution in [3.05, 3.63) is 118 Å². The predicted molar refractivity (Wildman–Crippen MR) is 135 cm³/mol. The standard InChI is InChI=1S/C32H30/c1(3-11-23-15-9-19-29-27-17-7-5-13-25(27)21-31(23)29)2-4-12-24-16-10-20-30-28-18-8-6-14-26(28)22-32(24)30/h5-10,13-20H,1-4,11-12,21-22H2. The van der Waals surface area contributed by atoms with Crippen molar-refractivity contribution in [3.63, 3.8) is 0 Å². The van der Waals surface area contributed by atoms with E-state index in [-0.39, 0.29) is 0 Å². The van der Waals surface area contributed by atoms with E-state index >= 15 is 0 Å². The van der Waals surface area contributed by atoms with Gasteiger partial charge in [-0.25, -0.2) is 0 Å². The average molecular weight is 415 g/mol. The lowest BCUT2D eigenvalue weighted by Crippen LogP contribution is -1.95. The van der Waals surface area contributed by atoms with Gasteiger partial charge in [-0.05, 0) is 94.2 Å². The summed E-state index contributed by atoms with van der Waals surface area (Å²) in [6.07, 6.45) is 9.90. The van der Waals surface area contributed by atoms with Gasteiger partial charge in [-0.2, -0.15) is 0 Å². The topological polar surface area (TPSA) is 0 Å². The highest BCUT2D eigenvalue weighted by Gasteiger charge is 2.21. The number of hydrogen-bond acceptors (Lipinski definition) is 0. The molecule has 0 unspecified atom stereocenters. The fraction of sp³-hybridized carbons (Fsp3) is 0.250. The van der Waals surface area contributed by atoms with E-state index in [1.807, 2.05) is 0 Å². The highest BCUT2D eigenvalue weighted by Crippen LogP contribution is 2.39. The number of unbranched alkanes of at least 4 members (excludes halogenated alkanes) is 3. The maximum atomic E-state index is 2.36. The molecule has 4 aromatic rings. The lowest BCUT2D eigenvalue weighted by molar-refractivity contribution is 0.638. The first kappa shape index (κ1) is 19.6. The first-order valence-electron chi connectivity index (χ1n) is 12.3. The SMILES string of the molecule is c1ccc2c(c1)Cc1c(CCCCCCc3cccc4c3Cc3ccccc3-4)cccc1-2. The minimum atomic E-state index is 1.11. The third-order valence-electron chi connectivity index (χ3n) is 7.54. The lowest BCUT2D eigenvalue weighted by Gasteiger charge is -2.10. The summed E-state index contributed by atoms with van der Waals surface area (Å²) < 4.78 is 0. The van der Waals surface area contributed by atoms with Crippen molar-refractivity contribution in [3.8, 4) is 22.3 Å². The van der Waals surface area contributed by atoms with E-state index < -0.39 is 0 Å². The van der Waals surface area contributed by atoms with Gasteiger partial charge in [-0.1, -0.05) is 97.8 Å². The highest BCUT2D eigenvalue weighted by atomic mass is 14.2. The van der Waals surface area contributed by atoms with Crippen molar-refractivity contribution >= 4 is 0 Å². The average Bonchev–Trinajstić information content (AvgIpc) is 3.41. The molecule has 0 bridgehead atoms. The van der Waals surface area contributed by atoms with E-state index in [9.17, 15) is 0 Å². The minimum absolute atomic E-state index is 1.11. The maximum Gasteiger partial charge on any atom is -0.00107 e. The Labute approximate surface area is 192 Å². The summed E-state index contributed by atoms with van der Waals surface area (Å²) in [4.78, 5) is 0. The zero-order valence-electron chi connectivity index (χ0n) is 18.7. The normalized spacial score (nSPS) is 12.9. The summed E-state index contributed by atoms with van der Waals surface area (Å²) in [7, 11) is 0. The van der Waals surface area contributed by atoms with Gasteiger partial charge in [0, 0.05) is 0 Å². The van der Waals surface area contributed by atoms with Crippen molar-refractivity contribution in [1.29, 1.82) is 0 Å². The molecule has 0 radical (unpaired) electrons. The van der Waals surface area contributed by atoms with Crippen LogP contribution in [-0.4, -0.2) is 0 Å². The van der Waals surface area contributed by atoms with Crippen molar-refractivity contribution in [1.82, 2.24) is 0 Å². The van der Waals surface area contributed by atoms with Gasteiger partial charge in [0.25, 0.3) is 0 Å². The van der Waals surface area contributed by atoms with Crippen LogP contribution in [0.25, 0.3) is 22.3 Å². The Morgan fingerprint density at radius 2 is 0.844 bits per heavy atom. The number of aryl methyl sites for hydroxylation is 2. The Bertz CT molecular complexity index is 1180. The Hall–Kier alpha value is -3.12. The fourth-order valence-corrected chi connectivity index (χ4v) is 5.90. The van der Waals surface area contributed by atoms with Crippen LogP contribution in [0.1, 0.15) is 59.1 Å². The minimum Gasteiger partial charge on any atom is -0.0619 e. The van der Waals surface area contributed by atoms with Crippen LogP contribution in [0.15, 0.2) is 84.9 Å². The molecule has 0 aliphatic heterocycles. The van der Waals surface area contributed by atoms with Crippen molar-refractivity contribution < 1.29 is 0 Å². The number of hydrogen-bond donors (Lipinski definition) is 0. The summed E-state index contributed by atoms with van der Waals surface area (Å²) in [6, 6.07) is 31.7. The van der Waals surface area contributed by atoms with Crippen molar-refractivity contribution in [2.45, 2.75) is 51.4 Å². The van der Waals surface area contributed by atoms with E-state index in [1.165, 1.54) is 71.9 Å². The molecule has 0 saturated heterocycles. The van der Waals surface area contributed by atoms with Gasteiger partial charge in [-0.3, -0.25) is 0 Å². The second kappa shape index (κ2) is 8.43. The van der Waals surface area contributed by atoms with E-state index in [2.05, 4.69) is 84.9 Å². The summed E-state index contributed by atoms with van der Waals surface area (Å²) in [5.41, 5.74) is 15.1. The van der Waals surface area contributed by atoms with Gasteiger partial charge in [0.1, 0.15) is 0 Å². The molecule has 0 saturated carbocycles. The van der Waals surface area contributed by atoms with Crippen molar-refractivity contribution in [2.75, 3.05) is 0 Å². The molecule has 0 atom stereocenters. The summed E-state index contributed by atoms with van der Waals surface area (Å²) in [6.45, 7) is 0. The number of fused-ring (bicyclic) bond motifs is 6. The molecular weight excluding hydrogens is 384 g/mol. The first-order chi connectivity index (χ1) is 15.9. The molecule has 0 heterocycles. The molecule has 0 aromatic heterocycles. The fourth-order valence-electron chi connectivity index (χ4n) is 5.90. The molecule has 6 rings (SSSR count). The molecule has 4 aromatic carbocycles. The molecule has 0 nitrogen and oxygen atoms in total. The van der Waals surface area contributed by atoms with Gasteiger partial charge < -0.3 is 0 Å². The summed E-state index contributed by atoms with van der Waals surface area (Å²) >= 11 is 0. The Morgan fingerprint density at radius 3 is 1.34 bits per heavy atom. The third kappa shape index (κ3) is 3.48. The molecule has 2 aliphatic rings. The molecule has 0 N–H and O–H groups in total. The van der Waals surface area contributed by atoms with E-state index in [1.54, 1.807) is 22.3 Å². The van der Waals surface area contributed by atoms with E-state index in [0.717, 1.165) is 12.8 Å². The quantitative estimate of drug-likeness (QED) is 0.231. The zero-order valence-corrected chi connectivity index (χ0v) is 18.7. The van der Waals surface area contributed by atoms with Gasteiger partial charge in [-0.15, -0.1) is 0 Å². The van der Waals surface area contributed by atoms with Crippen LogP contribution >= 0.6 is 0 Å². The maximum absolute atomic E-state index is 2.36.